The normalized spacial score (nSPS) is 12.6. The van der Waals surface area contributed by atoms with Crippen molar-refractivity contribution in [1.82, 2.24) is 15.1 Å². The molecule has 2 aromatic rings. The van der Waals surface area contributed by atoms with Crippen molar-refractivity contribution in [2.45, 2.75) is 33.0 Å². The first-order valence-electron chi connectivity index (χ1n) is 6.82. The molecule has 2 N–H and O–H groups in total. The maximum Gasteiger partial charge on any atom is 0.132 e. The summed E-state index contributed by atoms with van der Waals surface area (Å²) in [5.41, 5.74) is 2.70. The zero-order valence-electron chi connectivity index (χ0n) is 12.1. The number of aryl methyl sites for hydroxylation is 1. The molecule has 1 aromatic carbocycles. The van der Waals surface area contributed by atoms with Crippen molar-refractivity contribution in [3.63, 3.8) is 0 Å². The maximum absolute atomic E-state index is 12.9. The number of nitrogens with one attached hydrogen (secondary N) is 1. The molecule has 0 radical (unpaired) electrons. The number of nitrogens with zero attached hydrogens (tertiary/aromatic N) is 2. The third-order valence-electron chi connectivity index (χ3n) is 3.17. The van der Waals surface area contributed by atoms with Crippen LogP contribution in [0.5, 0.6) is 0 Å². The van der Waals surface area contributed by atoms with Crippen LogP contribution in [0.2, 0.25) is 5.15 Å². The molecule has 1 aromatic heterocycles. The fourth-order valence-corrected chi connectivity index (χ4v) is 2.37. The maximum atomic E-state index is 12.9. The van der Waals surface area contributed by atoms with Gasteiger partial charge in [-0.1, -0.05) is 23.7 Å². The van der Waals surface area contributed by atoms with Gasteiger partial charge in [0.2, 0.25) is 0 Å². The summed E-state index contributed by atoms with van der Waals surface area (Å²) >= 11 is 6.35. The highest BCUT2D eigenvalue weighted by Gasteiger charge is 2.13. The molecule has 0 amide bonds. The molecule has 1 unspecified atom stereocenters. The molecular formula is C15H19ClFN3O. The fourth-order valence-electron chi connectivity index (χ4n) is 2.06. The zero-order valence-corrected chi connectivity index (χ0v) is 12.9. The summed E-state index contributed by atoms with van der Waals surface area (Å²) < 4.78 is 14.6. The van der Waals surface area contributed by atoms with E-state index in [1.165, 1.54) is 12.1 Å². The lowest BCUT2D eigenvalue weighted by Gasteiger charge is -2.07. The van der Waals surface area contributed by atoms with Crippen molar-refractivity contribution in [2.24, 2.45) is 0 Å². The van der Waals surface area contributed by atoms with Gasteiger partial charge in [0, 0.05) is 18.7 Å². The van der Waals surface area contributed by atoms with Gasteiger partial charge >= 0.3 is 0 Å². The van der Waals surface area contributed by atoms with Crippen molar-refractivity contribution in [3.8, 4) is 0 Å². The van der Waals surface area contributed by atoms with Crippen LogP contribution in [0.25, 0.3) is 0 Å². The number of aliphatic hydroxyl groups is 1. The molecule has 0 aliphatic heterocycles. The van der Waals surface area contributed by atoms with Crippen LogP contribution in [-0.4, -0.2) is 27.5 Å². The Morgan fingerprint density at radius 1 is 1.38 bits per heavy atom. The Labute approximate surface area is 128 Å². The van der Waals surface area contributed by atoms with Gasteiger partial charge < -0.3 is 10.4 Å². The van der Waals surface area contributed by atoms with E-state index in [0.717, 1.165) is 16.8 Å². The average molecular weight is 312 g/mol. The van der Waals surface area contributed by atoms with Crippen molar-refractivity contribution in [1.29, 1.82) is 0 Å². The molecule has 21 heavy (non-hydrogen) atoms. The summed E-state index contributed by atoms with van der Waals surface area (Å²) in [6.45, 7) is 5.17. The lowest BCUT2D eigenvalue weighted by Crippen LogP contribution is -2.24. The molecule has 0 spiro atoms. The van der Waals surface area contributed by atoms with Gasteiger partial charge in [0.25, 0.3) is 0 Å². The van der Waals surface area contributed by atoms with Crippen molar-refractivity contribution in [3.05, 3.63) is 52.1 Å². The first kappa shape index (κ1) is 15.9. The smallest absolute Gasteiger partial charge is 0.132 e. The van der Waals surface area contributed by atoms with E-state index in [2.05, 4.69) is 10.4 Å². The summed E-state index contributed by atoms with van der Waals surface area (Å²) in [4.78, 5) is 0. The monoisotopic (exact) mass is 311 g/mol. The van der Waals surface area contributed by atoms with Gasteiger partial charge in [0.15, 0.2) is 0 Å². The molecular weight excluding hydrogens is 293 g/mol. The SMILES string of the molecule is Cc1nn(Cc2ccc(F)cc2)c(Cl)c1CNCC(C)O. The predicted molar refractivity (Wildman–Crippen MR) is 80.9 cm³/mol. The number of benzene rings is 1. The fraction of sp³-hybridized carbons (Fsp3) is 0.400. The van der Waals surface area contributed by atoms with Gasteiger partial charge in [0.05, 0.1) is 18.3 Å². The molecule has 1 heterocycles. The molecule has 0 saturated heterocycles. The van der Waals surface area contributed by atoms with Gasteiger partial charge in [-0.2, -0.15) is 5.10 Å². The second kappa shape index (κ2) is 7.02. The number of hydrogen-bond donors (Lipinski definition) is 2. The highest BCUT2D eigenvalue weighted by atomic mass is 35.5. The second-order valence-electron chi connectivity index (χ2n) is 5.12. The lowest BCUT2D eigenvalue weighted by atomic mass is 10.2. The molecule has 6 heteroatoms. The molecule has 4 nitrogen and oxygen atoms in total. The zero-order chi connectivity index (χ0) is 15.4. The van der Waals surface area contributed by atoms with E-state index < -0.39 is 6.10 Å². The number of hydrogen-bond acceptors (Lipinski definition) is 3. The number of halogens is 2. The Morgan fingerprint density at radius 3 is 2.67 bits per heavy atom. The minimum Gasteiger partial charge on any atom is -0.392 e. The van der Waals surface area contributed by atoms with E-state index in [4.69, 9.17) is 11.6 Å². The number of aliphatic hydroxyl groups excluding tert-OH is 1. The summed E-state index contributed by atoms with van der Waals surface area (Å²) in [5.74, 6) is -0.260. The Balaban J connectivity index is 2.09. The van der Waals surface area contributed by atoms with Crippen LogP contribution >= 0.6 is 11.6 Å². The molecule has 0 saturated carbocycles. The van der Waals surface area contributed by atoms with Crippen LogP contribution in [-0.2, 0) is 13.1 Å². The van der Waals surface area contributed by atoms with E-state index in [-0.39, 0.29) is 5.82 Å². The highest BCUT2D eigenvalue weighted by Crippen LogP contribution is 2.20. The van der Waals surface area contributed by atoms with Gasteiger partial charge in [0.1, 0.15) is 11.0 Å². The Kier molecular flexibility index (Phi) is 5.33. The highest BCUT2D eigenvalue weighted by molar-refractivity contribution is 6.30. The molecule has 2 rings (SSSR count). The molecule has 0 bridgehead atoms. The van der Waals surface area contributed by atoms with E-state index in [9.17, 15) is 9.50 Å². The largest absolute Gasteiger partial charge is 0.392 e. The van der Waals surface area contributed by atoms with Crippen LogP contribution in [0.15, 0.2) is 24.3 Å². The summed E-state index contributed by atoms with van der Waals surface area (Å²) in [7, 11) is 0. The van der Waals surface area contributed by atoms with Gasteiger partial charge in [-0.25, -0.2) is 9.07 Å². The first-order chi connectivity index (χ1) is 9.97. The van der Waals surface area contributed by atoms with Crippen LogP contribution in [0.1, 0.15) is 23.7 Å². The lowest BCUT2D eigenvalue weighted by molar-refractivity contribution is 0.191. The summed E-state index contributed by atoms with van der Waals surface area (Å²) in [6.07, 6.45) is -0.404. The van der Waals surface area contributed by atoms with E-state index in [1.807, 2.05) is 6.92 Å². The molecule has 0 fully saturated rings. The second-order valence-corrected chi connectivity index (χ2v) is 5.48. The van der Waals surface area contributed by atoms with Gasteiger partial charge in [-0.05, 0) is 31.5 Å². The molecule has 114 valence electrons. The van der Waals surface area contributed by atoms with Gasteiger partial charge in [-0.15, -0.1) is 0 Å². The molecule has 0 aliphatic rings. The predicted octanol–water partition coefficient (Wildman–Crippen LogP) is 2.50. The minimum absolute atomic E-state index is 0.260. The number of aromatic nitrogens is 2. The minimum atomic E-state index is -0.404. The van der Waals surface area contributed by atoms with Crippen molar-refractivity contribution in [2.75, 3.05) is 6.54 Å². The van der Waals surface area contributed by atoms with Crippen LogP contribution in [0.3, 0.4) is 0 Å². The first-order valence-corrected chi connectivity index (χ1v) is 7.20. The third kappa shape index (κ3) is 4.27. The average Bonchev–Trinajstić information content (AvgIpc) is 2.68. The van der Waals surface area contributed by atoms with Crippen LogP contribution in [0, 0.1) is 12.7 Å². The third-order valence-corrected chi connectivity index (χ3v) is 3.59. The van der Waals surface area contributed by atoms with Crippen LogP contribution in [0.4, 0.5) is 4.39 Å². The van der Waals surface area contributed by atoms with E-state index in [0.29, 0.717) is 24.8 Å². The summed E-state index contributed by atoms with van der Waals surface area (Å²) in [5, 5.41) is 17.4. The standard InChI is InChI=1S/C15H19ClFN3O/c1-10(21)7-18-8-14-11(2)19-20(15(14)16)9-12-3-5-13(17)6-4-12/h3-6,10,18,21H,7-9H2,1-2H3. The number of rotatable bonds is 6. The van der Waals surface area contributed by atoms with Crippen molar-refractivity contribution >= 4 is 11.6 Å². The van der Waals surface area contributed by atoms with Gasteiger partial charge in [-0.3, -0.25) is 0 Å². The topological polar surface area (TPSA) is 50.1 Å². The Morgan fingerprint density at radius 2 is 2.05 bits per heavy atom. The molecule has 1 atom stereocenters. The van der Waals surface area contributed by atoms with E-state index in [1.54, 1.807) is 23.7 Å². The summed E-state index contributed by atoms with van der Waals surface area (Å²) in [6, 6.07) is 6.28. The molecule has 0 aliphatic carbocycles. The van der Waals surface area contributed by atoms with E-state index >= 15 is 0 Å². The quantitative estimate of drug-likeness (QED) is 0.862. The van der Waals surface area contributed by atoms with Crippen LogP contribution < -0.4 is 5.32 Å². The Bertz CT molecular complexity index is 596. The van der Waals surface area contributed by atoms with Crippen molar-refractivity contribution < 1.29 is 9.50 Å². The Hall–Kier alpha value is -1.43.